The van der Waals surface area contributed by atoms with Crippen molar-refractivity contribution in [1.82, 2.24) is 10.3 Å². The molecule has 3 rings (SSSR count). The fraction of sp³-hybridized carbons (Fsp3) is 0.167. The highest BCUT2D eigenvalue weighted by Crippen LogP contribution is 2.18. The predicted molar refractivity (Wildman–Crippen MR) is 90.2 cm³/mol. The molecule has 0 bridgehead atoms. The zero-order valence-electron chi connectivity index (χ0n) is 12.8. The molecular weight excluding hydrogens is 274 g/mol. The van der Waals surface area contributed by atoms with Crippen molar-refractivity contribution < 1.29 is 4.79 Å². The number of fused-ring (bicyclic) bond motifs is 1. The largest absolute Gasteiger partial charge is 0.378 e. The Labute approximate surface area is 129 Å². The van der Waals surface area contributed by atoms with Crippen LogP contribution in [0.4, 0.5) is 5.69 Å². The Morgan fingerprint density at radius 3 is 2.77 bits per heavy atom. The molecule has 112 valence electrons. The minimum Gasteiger partial charge on any atom is -0.378 e. The lowest BCUT2D eigenvalue weighted by molar-refractivity contribution is 0.0951. The van der Waals surface area contributed by atoms with Crippen LogP contribution in [0.25, 0.3) is 10.9 Å². The Kier molecular flexibility index (Phi) is 3.83. The summed E-state index contributed by atoms with van der Waals surface area (Å²) in [5.74, 6) is -0.0611. The van der Waals surface area contributed by atoms with Gasteiger partial charge in [0.05, 0.1) is 0 Å². The molecule has 1 amide bonds. The summed E-state index contributed by atoms with van der Waals surface area (Å²) in [5, 5.41) is 4.13. The number of amides is 1. The number of aromatic amines is 1. The molecule has 0 atom stereocenters. The van der Waals surface area contributed by atoms with Gasteiger partial charge in [0.15, 0.2) is 0 Å². The van der Waals surface area contributed by atoms with Gasteiger partial charge in [-0.15, -0.1) is 0 Å². The van der Waals surface area contributed by atoms with Crippen LogP contribution in [-0.2, 0) is 6.54 Å². The fourth-order valence-electron chi connectivity index (χ4n) is 2.48. The number of hydrogen-bond donors (Lipinski definition) is 2. The molecule has 3 aromatic rings. The Hall–Kier alpha value is -2.75. The molecule has 0 saturated carbocycles. The first kappa shape index (κ1) is 14.2. The van der Waals surface area contributed by atoms with E-state index < -0.39 is 0 Å². The molecule has 2 N–H and O–H groups in total. The van der Waals surface area contributed by atoms with Gasteiger partial charge in [-0.2, -0.15) is 0 Å². The molecule has 0 spiro atoms. The second-order valence-electron chi connectivity index (χ2n) is 5.49. The van der Waals surface area contributed by atoms with E-state index in [4.69, 9.17) is 0 Å². The van der Waals surface area contributed by atoms with Gasteiger partial charge in [0, 0.05) is 49.0 Å². The van der Waals surface area contributed by atoms with Gasteiger partial charge in [-0.25, -0.2) is 0 Å². The van der Waals surface area contributed by atoms with Crippen LogP contribution in [0.15, 0.2) is 54.7 Å². The standard InChI is InChI=1S/C18H19N3O/c1-21(2)15-7-5-6-13(10-15)18(22)20-12-14-11-19-17-9-4-3-8-16(14)17/h3-11,19H,12H2,1-2H3,(H,20,22). The van der Waals surface area contributed by atoms with E-state index in [0.717, 1.165) is 22.2 Å². The van der Waals surface area contributed by atoms with Crippen molar-refractivity contribution in [2.45, 2.75) is 6.54 Å². The number of benzene rings is 2. The summed E-state index contributed by atoms with van der Waals surface area (Å²) in [6.45, 7) is 0.509. The average molecular weight is 293 g/mol. The number of aromatic nitrogens is 1. The first-order chi connectivity index (χ1) is 10.6. The van der Waals surface area contributed by atoms with Gasteiger partial charge in [0.1, 0.15) is 0 Å². The Morgan fingerprint density at radius 2 is 1.95 bits per heavy atom. The molecule has 4 heteroatoms. The SMILES string of the molecule is CN(C)c1cccc(C(=O)NCc2c[nH]c3ccccc23)c1. The molecule has 0 aliphatic rings. The van der Waals surface area contributed by atoms with Gasteiger partial charge < -0.3 is 15.2 Å². The maximum atomic E-state index is 12.3. The van der Waals surface area contributed by atoms with Gasteiger partial charge in [0.2, 0.25) is 0 Å². The van der Waals surface area contributed by atoms with E-state index in [9.17, 15) is 4.79 Å². The van der Waals surface area contributed by atoms with Crippen LogP contribution in [0.2, 0.25) is 0 Å². The summed E-state index contributed by atoms with van der Waals surface area (Å²) in [6.07, 6.45) is 1.95. The predicted octanol–water partition coefficient (Wildman–Crippen LogP) is 3.16. The molecule has 0 aliphatic heterocycles. The number of hydrogen-bond acceptors (Lipinski definition) is 2. The summed E-state index contributed by atoms with van der Waals surface area (Å²) in [5.41, 5.74) is 3.86. The van der Waals surface area contributed by atoms with Crippen LogP contribution in [0.3, 0.4) is 0 Å². The summed E-state index contributed by atoms with van der Waals surface area (Å²) >= 11 is 0. The molecule has 22 heavy (non-hydrogen) atoms. The quantitative estimate of drug-likeness (QED) is 0.776. The number of rotatable bonds is 4. The molecule has 1 aromatic heterocycles. The van der Waals surface area contributed by atoms with Crippen molar-refractivity contribution in [3.05, 3.63) is 65.9 Å². The van der Waals surface area contributed by atoms with Crippen LogP contribution < -0.4 is 10.2 Å². The third kappa shape index (κ3) is 2.81. The number of nitrogens with one attached hydrogen (secondary N) is 2. The molecule has 0 fully saturated rings. The molecule has 0 unspecified atom stereocenters. The summed E-state index contributed by atoms with van der Waals surface area (Å²) < 4.78 is 0. The molecule has 1 heterocycles. The van der Waals surface area contributed by atoms with Gasteiger partial charge in [-0.05, 0) is 29.8 Å². The zero-order chi connectivity index (χ0) is 15.5. The molecular formula is C18H19N3O. The van der Waals surface area contributed by atoms with Crippen molar-refractivity contribution in [2.24, 2.45) is 0 Å². The van der Waals surface area contributed by atoms with Crippen LogP contribution >= 0.6 is 0 Å². The van der Waals surface area contributed by atoms with E-state index in [1.165, 1.54) is 0 Å². The van der Waals surface area contributed by atoms with Crippen molar-refractivity contribution in [1.29, 1.82) is 0 Å². The second kappa shape index (κ2) is 5.93. The van der Waals surface area contributed by atoms with Gasteiger partial charge >= 0.3 is 0 Å². The van der Waals surface area contributed by atoms with E-state index in [1.807, 2.05) is 67.7 Å². The fourth-order valence-corrected chi connectivity index (χ4v) is 2.48. The first-order valence-electron chi connectivity index (χ1n) is 7.26. The number of anilines is 1. The number of nitrogens with zero attached hydrogens (tertiary/aromatic N) is 1. The smallest absolute Gasteiger partial charge is 0.251 e. The zero-order valence-corrected chi connectivity index (χ0v) is 12.8. The molecule has 4 nitrogen and oxygen atoms in total. The van der Waals surface area contributed by atoms with E-state index >= 15 is 0 Å². The van der Waals surface area contributed by atoms with Crippen molar-refractivity contribution in [3.8, 4) is 0 Å². The topological polar surface area (TPSA) is 48.1 Å². The van der Waals surface area contributed by atoms with E-state index in [0.29, 0.717) is 12.1 Å². The summed E-state index contributed by atoms with van der Waals surface area (Å²) in [4.78, 5) is 17.5. The highest BCUT2D eigenvalue weighted by Gasteiger charge is 2.08. The lowest BCUT2D eigenvalue weighted by atomic mass is 10.1. The third-order valence-electron chi connectivity index (χ3n) is 3.74. The minimum atomic E-state index is -0.0611. The van der Waals surface area contributed by atoms with Gasteiger partial charge in [-0.1, -0.05) is 24.3 Å². The number of para-hydroxylation sites is 1. The van der Waals surface area contributed by atoms with E-state index in [-0.39, 0.29) is 5.91 Å². The Bertz CT molecular complexity index is 805. The lowest BCUT2D eigenvalue weighted by Gasteiger charge is -2.13. The van der Waals surface area contributed by atoms with Crippen LogP contribution in [0.5, 0.6) is 0 Å². The van der Waals surface area contributed by atoms with Crippen molar-refractivity contribution in [3.63, 3.8) is 0 Å². The maximum Gasteiger partial charge on any atom is 0.251 e. The van der Waals surface area contributed by atoms with E-state index in [2.05, 4.69) is 16.4 Å². The molecule has 0 aliphatic carbocycles. The lowest BCUT2D eigenvalue weighted by Crippen LogP contribution is -2.23. The first-order valence-corrected chi connectivity index (χ1v) is 7.26. The highest BCUT2D eigenvalue weighted by molar-refractivity contribution is 5.95. The van der Waals surface area contributed by atoms with Crippen LogP contribution in [0, 0.1) is 0 Å². The number of carbonyl (C=O) groups is 1. The average Bonchev–Trinajstić information content (AvgIpc) is 2.96. The number of carbonyl (C=O) groups excluding carboxylic acids is 1. The van der Waals surface area contributed by atoms with Crippen molar-refractivity contribution in [2.75, 3.05) is 19.0 Å². The molecule has 0 radical (unpaired) electrons. The Morgan fingerprint density at radius 1 is 1.14 bits per heavy atom. The summed E-state index contributed by atoms with van der Waals surface area (Å²) in [6, 6.07) is 15.7. The minimum absolute atomic E-state index is 0.0611. The summed E-state index contributed by atoms with van der Waals surface area (Å²) in [7, 11) is 3.92. The third-order valence-corrected chi connectivity index (χ3v) is 3.74. The Balaban J connectivity index is 1.73. The maximum absolute atomic E-state index is 12.3. The molecule has 0 saturated heterocycles. The second-order valence-corrected chi connectivity index (χ2v) is 5.49. The van der Waals surface area contributed by atoms with Crippen LogP contribution in [0.1, 0.15) is 15.9 Å². The highest BCUT2D eigenvalue weighted by atomic mass is 16.1. The normalized spacial score (nSPS) is 10.6. The van der Waals surface area contributed by atoms with Crippen molar-refractivity contribution >= 4 is 22.5 Å². The monoisotopic (exact) mass is 293 g/mol. The molecule has 2 aromatic carbocycles. The van der Waals surface area contributed by atoms with Gasteiger partial charge in [-0.3, -0.25) is 4.79 Å². The van der Waals surface area contributed by atoms with E-state index in [1.54, 1.807) is 0 Å². The van der Waals surface area contributed by atoms with Crippen LogP contribution in [-0.4, -0.2) is 25.0 Å². The number of H-pyrrole nitrogens is 1. The van der Waals surface area contributed by atoms with Gasteiger partial charge in [0.25, 0.3) is 5.91 Å².